The molecule has 1 unspecified atom stereocenters. The van der Waals surface area contributed by atoms with Gasteiger partial charge in [-0.05, 0) is 27.8 Å². The minimum absolute atomic E-state index is 0.234. The van der Waals surface area contributed by atoms with Crippen LogP contribution in [-0.2, 0) is 16.1 Å². The molecule has 1 atom stereocenters. The lowest BCUT2D eigenvalue weighted by Gasteiger charge is -2.30. The van der Waals surface area contributed by atoms with Crippen LogP contribution in [-0.4, -0.2) is 40.1 Å². The summed E-state index contributed by atoms with van der Waals surface area (Å²) >= 11 is 0. The summed E-state index contributed by atoms with van der Waals surface area (Å²) in [6.07, 6.45) is 0. The molecular formula is C27H29N5O3. The molecule has 3 aromatic carbocycles. The third-order valence-corrected chi connectivity index (χ3v) is 5.91. The van der Waals surface area contributed by atoms with Crippen molar-refractivity contribution < 1.29 is 14.4 Å². The number of amides is 3. The van der Waals surface area contributed by atoms with Crippen molar-refractivity contribution in [2.45, 2.75) is 33.4 Å². The molecule has 1 aromatic heterocycles. The highest BCUT2D eigenvalue weighted by Gasteiger charge is 2.34. The number of fused-ring (bicyclic) bond motifs is 2. The van der Waals surface area contributed by atoms with Gasteiger partial charge in [-0.2, -0.15) is 5.10 Å². The third kappa shape index (κ3) is 5.16. The summed E-state index contributed by atoms with van der Waals surface area (Å²) in [5.74, 6) is -1.60. The molecule has 4 N–H and O–H groups in total. The van der Waals surface area contributed by atoms with Gasteiger partial charge in [0.25, 0.3) is 5.91 Å². The summed E-state index contributed by atoms with van der Waals surface area (Å²) in [7, 11) is 0. The fourth-order valence-corrected chi connectivity index (χ4v) is 4.16. The maximum absolute atomic E-state index is 13.4. The summed E-state index contributed by atoms with van der Waals surface area (Å²) in [6.45, 7) is 5.68. The molecule has 4 aromatic rings. The lowest BCUT2D eigenvalue weighted by Crippen LogP contribution is -2.54. The first kappa shape index (κ1) is 23.9. The number of rotatable bonds is 7. The van der Waals surface area contributed by atoms with Crippen LogP contribution in [0, 0.1) is 5.41 Å². The molecule has 0 fully saturated rings. The summed E-state index contributed by atoms with van der Waals surface area (Å²) in [5, 5.41) is 12.9. The van der Waals surface area contributed by atoms with E-state index in [1.165, 1.54) is 0 Å². The van der Waals surface area contributed by atoms with E-state index in [2.05, 4.69) is 40.0 Å². The number of nitrogens with two attached hydrogens (primary N) is 1. The van der Waals surface area contributed by atoms with Crippen LogP contribution in [0.3, 0.4) is 0 Å². The second kappa shape index (κ2) is 9.58. The zero-order valence-electron chi connectivity index (χ0n) is 20.0. The predicted octanol–water partition coefficient (Wildman–Crippen LogP) is 2.98. The molecule has 0 aliphatic rings. The maximum atomic E-state index is 13.4. The zero-order valence-corrected chi connectivity index (χ0v) is 20.0. The number of nitrogens with zero attached hydrogens (tertiary/aromatic N) is 2. The quantitative estimate of drug-likeness (QED) is 0.384. The molecule has 8 heteroatoms. The lowest BCUT2D eigenvalue weighted by atomic mass is 9.86. The molecular weight excluding hydrogens is 442 g/mol. The summed E-state index contributed by atoms with van der Waals surface area (Å²) in [6, 6.07) is 20.9. The number of benzene rings is 3. The van der Waals surface area contributed by atoms with Gasteiger partial charge < -0.3 is 16.4 Å². The molecule has 4 rings (SSSR count). The SMILES string of the molecule is CC(C)(C)C(NC(=O)c1nn(Cc2cccc3ccccc23)c2ccccc12)C(=O)NCC(N)=O. The average molecular weight is 472 g/mol. The average Bonchev–Trinajstić information content (AvgIpc) is 3.19. The van der Waals surface area contributed by atoms with Gasteiger partial charge >= 0.3 is 0 Å². The number of carbonyl (C=O) groups excluding carboxylic acids is 3. The van der Waals surface area contributed by atoms with Crippen LogP contribution >= 0.6 is 0 Å². The molecule has 3 amide bonds. The number of primary amides is 1. The smallest absolute Gasteiger partial charge is 0.273 e. The Balaban J connectivity index is 1.67. The standard InChI is InChI=1S/C27H29N5O3/c1-27(2,3)24(26(35)29-15-22(28)33)30-25(34)23-20-13-6-7-14-21(20)32(31-23)16-18-11-8-10-17-9-4-5-12-19(17)18/h4-14,24H,15-16H2,1-3H3,(H2,28,33)(H,29,35)(H,30,34). The Hall–Kier alpha value is -4.20. The first-order valence-corrected chi connectivity index (χ1v) is 11.4. The Kier molecular flexibility index (Phi) is 6.55. The highest BCUT2D eigenvalue weighted by atomic mass is 16.2. The van der Waals surface area contributed by atoms with Crippen molar-refractivity contribution in [3.05, 3.63) is 78.0 Å². The Morgan fingerprint density at radius 3 is 2.31 bits per heavy atom. The normalized spacial score (nSPS) is 12.4. The lowest BCUT2D eigenvalue weighted by molar-refractivity contribution is -0.128. The molecule has 0 bridgehead atoms. The monoisotopic (exact) mass is 471 g/mol. The Labute approximate surface area is 203 Å². The highest BCUT2D eigenvalue weighted by Crippen LogP contribution is 2.25. The molecule has 0 saturated carbocycles. The first-order valence-electron chi connectivity index (χ1n) is 11.4. The number of hydrogen-bond acceptors (Lipinski definition) is 4. The van der Waals surface area contributed by atoms with Gasteiger partial charge in [0.15, 0.2) is 5.69 Å². The van der Waals surface area contributed by atoms with E-state index in [-0.39, 0.29) is 12.2 Å². The van der Waals surface area contributed by atoms with Crippen molar-refractivity contribution in [2.24, 2.45) is 11.1 Å². The van der Waals surface area contributed by atoms with Crippen LogP contribution in [0.5, 0.6) is 0 Å². The van der Waals surface area contributed by atoms with Crippen LogP contribution in [0.25, 0.3) is 21.7 Å². The van der Waals surface area contributed by atoms with Crippen LogP contribution < -0.4 is 16.4 Å². The van der Waals surface area contributed by atoms with E-state index in [1.807, 2.05) is 67.9 Å². The van der Waals surface area contributed by atoms with E-state index in [1.54, 1.807) is 0 Å². The van der Waals surface area contributed by atoms with Gasteiger partial charge in [0.2, 0.25) is 11.8 Å². The third-order valence-electron chi connectivity index (χ3n) is 5.91. The van der Waals surface area contributed by atoms with Crippen LogP contribution in [0.4, 0.5) is 0 Å². The van der Waals surface area contributed by atoms with Gasteiger partial charge in [0.1, 0.15) is 6.04 Å². The molecule has 0 aliphatic heterocycles. The molecule has 35 heavy (non-hydrogen) atoms. The van der Waals surface area contributed by atoms with Crippen molar-refractivity contribution >= 4 is 39.4 Å². The molecule has 180 valence electrons. The second-order valence-electron chi connectivity index (χ2n) is 9.62. The van der Waals surface area contributed by atoms with Gasteiger partial charge in [-0.25, -0.2) is 0 Å². The molecule has 8 nitrogen and oxygen atoms in total. The van der Waals surface area contributed by atoms with Crippen molar-refractivity contribution in [3.8, 4) is 0 Å². The minimum atomic E-state index is -0.892. The van der Waals surface area contributed by atoms with Gasteiger partial charge in [-0.1, -0.05) is 81.4 Å². The highest BCUT2D eigenvalue weighted by molar-refractivity contribution is 6.06. The number of carbonyl (C=O) groups is 3. The maximum Gasteiger partial charge on any atom is 0.273 e. The number of hydrogen-bond donors (Lipinski definition) is 3. The van der Waals surface area contributed by atoms with Gasteiger partial charge in [-0.15, -0.1) is 0 Å². The fraction of sp³-hybridized carbons (Fsp3) is 0.259. The molecule has 0 spiro atoms. The number of para-hydroxylation sites is 1. The van der Waals surface area contributed by atoms with Crippen LogP contribution in [0.15, 0.2) is 66.7 Å². The van der Waals surface area contributed by atoms with Crippen molar-refractivity contribution in [3.63, 3.8) is 0 Å². The van der Waals surface area contributed by atoms with Crippen molar-refractivity contribution in [1.82, 2.24) is 20.4 Å². The van der Waals surface area contributed by atoms with Gasteiger partial charge in [-0.3, -0.25) is 19.1 Å². The summed E-state index contributed by atoms with van der Waals surface area (Å²) in [5.41, 5.74) is 6.67. The van der Waals surface area contributed by atoms with E-state index >= 15 is 0 Å². The van der Waals surface area contributed by atoms with Crippen LogP contribution in [0.1, 0.15) is 36.8 Å². The fourth-order valence-electron chi connectivity index (χ4n) is 4.16. The van der Waals surface area contributed by atoms with Crippen LogP contribution in [0.2, 0.25) is 0 Å². The summed E-state index contributed by atoms with van der Waals surface area (Å²) < 4.78 is 1.81. The van der Waals surface area contributed by atoms with E-state index < -0.39 is 29.2 Å². The molecule has 1 heterocycles. The van der Waals surface area contributed by atoms with Crippen molar-refractivity contribution in [1.29, 1.82) is 0 Å². The Morgan fingerprint density at radius 1 is 0.943 bits per heavy atom. The number of nitrogens with one attached hydrogen (secondary N) is 2. The van der Waals surface area contributed by atoms with Gasteiger partial charge in [0.05, 0.1) is 18.6 Å². The van der Waals surface area contributed by atoms with E-state index in [0.29, 0.717) is 11.9 Å². The minimum Gasteiger partial charge on any atom is -0.368 e. The molecule has 0 saturated heterocycles. The molecule has 0 aliphatic carbocycles. The second-order valence-corrected chi connectivity index (χ2v) is 9.62. The summed E-state index contributed by atoms with van der Waals surface area (Å²) in [4.78, 5) is 37.2. The Morgan fingerprint density at radius 2 is 1.60 bits per heavy atom. The topological polar surface area (TPSA) is 119 Å². The van der Waals surface area contributed by atoms with Crippen molar-refractivity contribution in [2.75, 3.05) is 6.54 Å². The predicted molar refractivity (Wildman–Crippen MR) is 136 cm³/mol. The van der Waals surface area contributed by atoms with E-state index in [9.17, 15) is 14.4 Å². The molecule has 0 radical (unpaired) electrons. The first-order chi connectivity index (χ1) is 16.6. The number of aromatic nitrogens is 2. The van der Waals surface area contributed by atoms with E-state index in [0.717, 1.165) is 21.9 Å². The Bertz CT molecular complexity index is 1410. The largest absolute Gasteiger partial charge is 0.368 e. The van der Waals surface area contributed by atoms with Gasteiger partial charge in [0, 0.05) is 5.39 Å². The zero-order chi connectivity index (χ0) is 25.2. The van der Waals surface area contributed by atoms with E-state index in [4.69, 9.17) is 5.73 Å².